The number of hydrogen-bond donors (Lipinski definition) is 1. The number of para-hydroxylation sites is 1. The molecule has 0 aromatic heterocycles. The van der Waals surface area contributed by atoms with Gasteiger partial charge in [-0.05, 0) is 26.0 Å². The molecule has 0 heterocycles. The van der Waals surface area contributed by atoms with Crippen molar-refractivity contribution < 1.29 is 23.1 Å². The normalized spacial score (nSPS) is 11.9. The third kappa shape index (κ3) is 5.05. The number of hydrogen-bond acceptors (Lipinski definition) is 4. The van der Waals surface area contributed by atoms with E-state index in [1.165, 1.54) is 6.08 Å². The Morgan fingerprint density at radius 2 is 2.00 bits per heavy atom. The standard InChI is InChI=1S/C14H18O5S/c1-11(2)20(17,18)10-9-19-13-6-4-3-5-12(13)7-8-14(15)16/h3-8,11H,9-10H2,1-2H3,(H,15,16)/b8-7+. The molecule has 5 nitrogen and oxygen atoms in total. The van der Waals surface area contributed by atoms with Crippen LogP contribution in [0.5, 0.6) is 5.75 Å². The van der Waals surface area contributed by atoms with Crippen LogP contribution in [0.25, 0.3) is 6.08 Å². The fourth-order valence-corrected chi connectivity index (χ4v) is 2.20. The van der Waals surface area contributed by atoms with Crippen LogP contribution in [-0.4, -0.2) is 37.1 Å². The van der Waals surface area contributed by atoms with Gasteiger partial charge in [-0.1, -0.05) is 18.2 Å². The van der Waals surface area contributed by atoms with Gasteiger partial charge in [0.1, 0.15) is 12.4 Å². The summed E-state index contributed by atoms with van der Waals surface area (Å²) in [5, 5.41) is 8.17. The van der Waals surface area contributed by atoms with E-state index in [1.807, 2.05) is 0 Å². The smallest absolute Gasteiger partial charge is 0.328 e. The van der Waals surface area contributed by atoms with Gasteiger partial charge in [0.25, 0.3) is 0 Å². The fraction of sp³-hybridized carbons (Fsp3) is 0.357. The molecule has 6 heteroatoms. The molecule has 0 fully saturated rings. The first-order valence-electron chi connectivity index (χ1n) is 6.17. The second-order valence-electron chi connectivity index (χ2n) is 4.47. The maximum atomic E-state index is 11.6. The highest BCUT2D eigenvalue weighted by Crippen LogP contribution is 2.19. The first kappa shape index (κ1) is 16.2. The number of sulfone groups is 1. The monoisotopic (exact) mass is 298 g/mol. The molecule has 0 aliphatic rings. The van der Waals surface area contributed by atoms with E-state index in [-0.39, 0.29) is 12.4 Å². The van der Waals surface area contributed by atoms with Crippen LogP contribution in [0.4, 0.5) is 0 Å². The van der Waals surface area contributed by atoms with Crippen molar-refractivity contribution in [1.82, 2.24) is 0 Å². The molecule has 0 unspecified atom stereocenters. The molecule has 0 atom stereocenters. The molecular formula is C14H18O5S. The Morgan fingerprint density at radius 1 is 1.35 bits per heavy atom. The molecule has 110 valence electrons. The van der Waals surface area contributed by atoms with Crippen LogP contribution in [0.1, 0.15) is 19.4 Å². The van der Waals surface area contributed by atoms with Gasteiger partial charge in [0.2, 0.25) is 0 Å². The summed E-state index contributed by atoms with van der Waals surface area (Å²) in [5.41, 5.74) is 0.594. The first-order chi connectivity index (χ1) is 9.33. The quantitative estimate of drug-likeness (QED) is 0.779. The van der Waals surface area contributed by atoms with Gasteiger partial charge in [0.15, 0.2) is 9.84 Å². The van der Waals surface area contributed by atoms with Crippen molar-refractivity contribution in [1.29, 1.82) is 0 Å². The minimum absolute atomic E-state index is 0.0401. The predicted octanol–water partition coefficient (Wildman–Crippen LogP) is 1.99. The molecule has 0 spiro atoms. The van der Waals surface area contributed by atoms with Crippen LogP contribution in [0.2, 0.25) is 0 Å². The van der Waals surface area contributed by atoms with Crippen LogP contribution >= 0.6 is 0 Å². The second kappa shape index (κ2) is 7.09. The topological polar surface area (TPSA) is 80.7 Å². The van der Waals surface area contributed by atoms with Crippen molar-refractivity contribution in [3.05, 3.63) is 35.9 Å². The third-order valence-corrected chi connectivity index (χ3v) is 4.84. The molecule has 0 amide bonds. The summed E-state index contributed by atoms with van der Waals surface area (Å²) in [6.45, 7) is 3.29. The first-order valence-corrected chi connectivity index (χ1v) is 7.89. The lowest BCUT2D eigenvalue weighted by Crippen LogP contribution is -2.22. The third-order valence-electron chi connectivity index (χ3n) is 2.67. The maximum absolute atomic E-state index is 11.6. The van der Waals surface area contributed by atoms with Gasteiger partial charge in [-0.25, -0.2) is 13.2 Å². The highest BCUT2D eigenvalue weighted by Gasteiger charge is 2.16. The molecule has 0 aliphatic carbocycles. The predicted molar refractivity (Wildman–Crippen MR) is 77.5 cm³/mol. The molecule has 1 aromatic carbocycles. The van der Waals surface area contributed by atoms with Crippen LogP contribution < -0.4 is 4.74 Å². The molecule has 20 heavy (non-hydrogen) atoms. The van der Waals surface area contributed by atoms with Gasteiger partial charge in [-0.15, -0.1) is 0 Å². The van der Waals surface area contributed by atoms with Gasteiger partial charge in [-0.2, -0.15) is 0 Å². The minimum Gasteiger partial charge on any atom is -0.492 e. The minimum atomic E-state index is -3.14. The lowest BCUT2D eigenvalue weighted by Gasteiger charge is -2.11. The average molecular weight is 298 g/mol. The Morgan fingerprint density at radius 3 is 2.60 bits per heavy atom. The molecule has 0 saturated carbocycles. The van der Waals surface area contributed by atoms with Crippen molar-refractivity contribution in [2.75, 3.05) is 12.4 Å². The van der Waals surface area contributed by atoms with Gasteiger partial charge in [-0.3, -0.25) is 0 Å². The number of ether oxygens (including phenoxy) is 1. The summed E-state index contributed by atoms with van der Waals surface area (Å²) in [6, 6.07) is 6.86. The van der Waals surface area contributed by atoms with Crippen molar-refractivity contribution in [2.45, 2.75) is 19.1 Å². The number of carboxylic acid groups (broad SMARTS) is 1. The van der Waals surface area contributed by atoms with Crippen LogP contribution in [-0.2, 0) is 14.6 Å². The Bertz CT molecular complexity index is 587. The Hall–Kier alpha value is -1.82. The number of carbonyl (C=O) groups is 1. The zero-order valence-electron chi connectivity index (χ0n) is 11.4. The Labute approximate surface area is 118 Å². The van der Waals surface area contributed by atoms with Crippen LogP contribution in [0.15, 0.2) is 30.3 Å². The maximum Gasteiger partial charge on any atom is 0.328 e. The van der Waals surface area contributed by atoms with E-state index in [4.69, 9.17) is 9.84 Å². The molecule has 0 radical (unpaired) electrons. The Kier molecular flexibility index (Phi) is 5.76. The van der Waals surface area contributed by atoms with Gasteiger partial charge < -0.3 is 9.84 Å². The van der Waals surface area contributed by atoms with E-state index in [0.717, 1.165) is 6.08 Å². The van der Waals surface area contributed by atoms with Gasteiger partial charge >= 0.3 is 5.97 Å². The highest BCUT2D eigenvalue weighted by atomic mass is 32.2. The van der Waals surface area contributed by atoms with E-state index in [9.17, 15) is 13.2 Å². The molecule has 0 saturated heterocycles. The van der Waals surface area contributed by atoms with E-state index >= 15 is 0 Å². The van der Waals surface area contributed by atoms with E-state index in [1.54, 1.807) is 38.1 Å². The lowest BCUT2D eigenvalue weighted by molar-refractivity contribution is -0.131. The molecule has 1 aromatic rings. The number of carboxylic acids is 1. The van der Waals surface area contributed by atoms with Crippen molar-refractivity contribution >= 4 is 21.9 Å². The van der Waals surface area contributed by atoms with Crippen LogP contribution in [0.3, 0.4) is 0 Å². The molecule has 1 rings (SSSR count). The number of aliphatic carboxylic acids is 1. The molecule has 0 bridgehead atoms. The fourth-order valence-electron chi connectivity index (χ4n) is 1.41. The zero-order chi connectivity index (χ0) is 15.2. The van der Waals surface area contributed by atoms with Gasteiger partial charge in [0, 0.05) is 11.6 Å². The summed E-state index contributed by atoms with van der Waals surface area (Å²) < 4.78 is 28.7. The largest absolute Gasteiger partial charge is 0.492 e. The van der Waals surface area contributed by atoms with Crippen molar-refractivity contribution in [3.63, 3.8) is 0 Å². The Balaban J connectivity index is 2.72. The van der Waals surface area contributed by atoms with Crippen molar-refractivity contribution in [2.24, 2.45) is 0 Å². The second-order valence-corrected chi connectivity index (χ2v) is 7.15. The summed E-state index contributed by atoms with van der Waals surface area (Å²) >= 11 is 0. The SMILES string of the molecule is CC(C)S(=O)(=O)CCOc1ccccc1/C=C/C(=O)O. The van der Waals surface area contributed by atoms with Crippen molar-refractivity contribution in [3.8, 4) is 5.75 Å². The van der Waals surface area contributed by atoms with Crippen LogP contribution in [0, 0.1) is 0 Å². The lowest BCUT2D eigenvalue weighted by atomic mass is 10.2. The summed E-state index contributed by atoms with van der Waals surface area (Å²) in [4.78, 5) is 10.5. The average Bonchev–Trinajstić information content (AvgIpc) is 2.37. The van der Waals surface area contributed by atoms with E-state index in [2.05, 4.69) is 0 Å². The summed E-state index contributed by atoms with van der Waals surface area (Å²) in [6.07, 6.45) is 2.42. The zero-order valence-corrected chi connectivity index (χ0v) is 12.3. The van der Waals surface area contributed by atoms with E-state index < -0.39 is 21.1 Å². The number of benzene rings is 1. The van der Waals surface area contributed by atoms with Gasteiger partial charge in [0.05, 0.1) is 11.0 Å². The summed E-state index contributed by atoms with van der Waals surface area (Å²) in [7, 11) is -3.14. The molecular weight excluding hydrogens is 280 g/mol. The number of rotatable bonds is 7. The van der Waals surface area contributed by atoms with E-state index in [0.29, 0.717) is 11.3 Å². The highest BCUT2D eigenvalue weighted by molar-refractivity contribution is 7.91. The molecule has 0 aliphatic heterocycles. The molecule has 1 N–H and O–H groups in total. The summed E-state index contributed by atoms with van der Waals surface area (Å²) in [5.74, 6) is -0.659.